The van der Waals surface area contributed by atoms with Gasteiger partial charge >= 0.3 is 13.3 Å². The first-order chi connectivity index (χ1) is 12.2. The van der Waals surface area contributed by atoms with E-state index in [9.17, 15) is 13.2 Å². The number of hydrogen-bond donors (Lipinski definition) is 0. The highest BCUT2D eigenvalue weighted by molar-refractivity contribution is 6.62. The molecule has 0 amide bonds. The number of alkyl halides is 3. The van der Waals surface area contributed by atoms with Gasteiger partial charge < -0.3 is 9.31 Å². The SMILES string of the molecule is [2H]c1c(C([2H])([2H])[2H])nc(C(F)(F)F)c(C([2H])([2H])[2H])c1B1OC(C)(C)C(C)(C)O1. The lowest BCUT2D eigenvalue weighted by Crippen LogP contribution is -2.41. The lowest BCUT2D eigenvalue weighted by molar-refractivity contribution is -0.141. The normalized spacial score (nSPS) is 27.0. The molecule has 0 N–H and O–H groups in total. The van der Waals surface area contributed by atoms with Crippen molar-refractivity contribution in [3.63, 3.8) is 0 Å². The molecule has 21 heavy (non-hydrogen) atoms. The molecule has 0 spiro atoms. The Labute approximate surface area is 132 Å². The highest BCUT2D eigenvalue weighted by Gasteiger charge is 2.52. The van der Waals surface area contributed by atoms with Gasteiger partial charge in [-0.3, -0.25) is 0 Å². The van der Waals surface area contributed by atoms with E-state index in [4.69, 9.17) is 18.9 Å². The van der Waals surface area contributed by atoms with Crippen LogP contribution in [0.2, 0.25) is 0 Å². The van der Waals surface area contributed by atoms with Gasteiger partial charge in [-0.2, -0.15) is 13.2 Å². The van der Waals surface area contributed by atoms with Crippen molar-refractivity contribution in [1.82, 2.24) is 4.98 Å². The fourth-order valence-electron chi connectivity index (χ4n) is 1.86. The van der Waals surface area contributed by atoms with E-state index in [0.29, 0.717) is 0 Å². The number of aromatic nitrogens is 1. The third kappa shape index (κ3) is 2.81. The summed E-state index contributed by atoms with van der Waals surface area (Å²) in [4.78, 5) is 3.04. The summed E-state index contributed by atoms with van der Waals surface area (Å²) in [7, 11) is -1.68. The molecule has 0 bridgehead atoms. The average Bonchev–Trinajstić information content (AvgIpc) is 2.62. The minimum absolute atomic E-state index is 0.799. The molecule has 0 unspecified atom stereocenters. The van der Waals surface area contributed by atoms with E-state index in [1.165, 1.54) is 0 Å². The molecule has 1 fully saturated rings. The van der Waals surface area contributed by atoms with Gasteiger partial charge in [-0.25, -0.2) is 4.98 Å². The fourth-order valence-corrected chi connectivity index (χ4v) is 1.86. The van der Waals surface area contributed by atoms with Crippen LogP contribution in [0.15, 0.2) is 6.04 Å². The van der Waals surface area contributed by atoms with Crippen molar-refractivity contribution in [1.29, 1.82) is 0 Å². The van der Waals surface area contributed by atoms with E-state index in [-0.39, 0.29) is 0 Å². The summed E-state index contributed by atoms with van der Waals surface area (Å²) in [6, 6.07) is -0.974. The zero-order valence-corrected chi connectivity index (χ0v) is 12.0. The van der Waals surface area contributed by atoms with Crippen LogP contribution in [0.1, 0.15) is 54.2 Å². The molecule has 2 heterocycles. The van der Waals surface area contributed by atoms with Crippen LogP contribution in [0.25, 0.3) is 0 Å². The van der Waals surface area contributed by atoms with Crippen molar-refractivity contribution in [2.45, 2.75) is 58.8 Å². The summed E-state index contributed by atoms with van der Waals surface area (Å²) in [6.07, 6.45) is -5.27. The predicted octanol–water partition coefficient (Wildman–Crippen LogP) is 3.02. The van der Waals surface area contributed by atoms with Gasteiger partial charge in [0.05, 0.1) is 12.6 Å². The summed E-state index contributed by atoms with van der Waals surface area (Å²) in [5, 5.41) is 0. The molecule has 0 saturated carbocycles. The second-order valence-electron chi connectivity index (χ2n) is 5.81. The summed E-state index contributed by atoms with van der Waals surface area (Å²) < 4.78 is 105. The Morgan fingerprint density at radius 3 is 2.19 bits per heavy atom. The van der Waals surface area contributed by atoms with Gasteiger partial charge in [0.15, 0.2) is 0 Å². The molecule has 7 heteroatoms. The van der Waals surface area contributed by atoms with E-state index in [1.54, 1.807) is 27.7 Å². The summed E-state index contributed by atoms with van der Waals surface area (Å²) in [5.74, 6) is 0. The average molecular weight is 308 g/mol. The van der Waals surface area contributed by atoms with E-state index in [1.807, 2.05) is 0 Å². The maximum Gasteiger partial charge on any atom is 0.495 e. The molecule has 1 aliphatic heterocycles. The van der Waals surface area contributed by atoms with Crippen LogP contribution in [-0.4, -0.2) is 23.3 Å². The number of aryl methyl sites for hydroxylation is 1. The maximum absolute atomic E-state index is 13.6. The van der Waals surface area contributed by atoms with Crippen LogP contribution in [0.4, 0.5) is 13.2 Å². The van der Waals surface area contributed by atoms with E-state index in [2.05, 4.69) is 4.98 Å². The number of pyridine rings is 1. The topological polar surface area (TPSA) is 31.4 Å². The largest absolute Gasteiger partial charge is 0.495 e. The summed E-state index contributed by atoms with van der Waals surface area (Å²) in [6.45, 7) is -0.183. The van der Waals surface area contributed by atoms with Crippen molar-refractivity contribution >= 4 is 12.6 Å². The Kier molecular flexibility index (Phi) is 2.05. The molecule has 0 aromatic carbocycles. The van der Waals surface area contributed by atoms with Gasteiger partial charge in [-0.1, -0.05) is 0 Å². The van der Waals surface area contributed by atoms with Crippen LogP contribution in [-0.2, 0) is 15.5 Å². The Balaban J connectivity index is 2.94. The first-order valence-electron chi connectivity index (χ1n) is 9.68. The number of halogens is 3. The van der Waals surface area contributed by atoms with Crippen molar-refractivity contribution in [2.75, 3.05) is 0 Å². The van der Waals surface area contributed by atoms with Crippen LogP contribution in [0, 0.1) is 13.7 Å². The molecule has 0 radical (unpaired) electrons. The van der Waals surface area contributed by atoms with E-state index in [0.717, 1.165) is 0 Å². The Hall–Kier alpha value is -1.08. The summed E-state index contributed by atoms with van der Waals surface area (Å²) >= 11 is 0. The Bertz CT molecular complexity index is 775. The number of rotatable bonds is 1. The third-order valence-corrected chi connectivity index (χ3v) is 3.74. The van der Waals surface area contributed by atoms with E-state index < -0.39 is 66.7 Å². The zero-order chi connectivity index (χ0) is 22.1. The van der Waals surface area contributed by atoms with Gasteiger partial charge in [0.2, 0.25) is 0 Å². The molecule has 1 aliphatic rings. The molecule has 116 valence electrons. The van der Waals surface area contributed by atoms with Crippen LogP contribution >= 0.6 is 0 Å². The first kappa shape index (κ1) is 9.15. The minimum Gasteiger partial charge on any atom is -0.399 e. The van der Waals surface area contributed by atoms with Gasteiger partial charge in [0.1, 0.15) is 5.69 Å². The van der Waals surface area contributed by atoms with E-state index >= 15 is 0 Å². The van der Waals surface area contributed by atoms with Gasteiger partial charge in [0.25, 0.3) is 0 Å². The van der Waals surface area contributed by atoms with Crippen LogP contribution in [0.5, 0.6) is 0 Å². The third-order valence-electron chi connectivity index (χ3n) is 3.74. The van der Waals surface area contributed by atoms with Gasteiger partial charge in [-0.05, 0) is 58.5 Å². The molecule has 1 aromatic rings. The lowest BCUT2D eigenvalue weighted by Gasteiger charge is -2.32. The monoisotopic (exact) mass is 308 g/mol. The Morgan fingerprint density at radius 2 is 1.76 bits per heavy atom. The standard InChI is InChI=1S/C14H19BF3NO2/c1-8-7-10(9(2)11(19-8)14(16,17)18)15-20-12(3,4)13(5,6)21-15/h7H,1-6H3/i1D3,2D3,7D. The molecule has 1 aromatic heterocycles. The molecule has 1 saturated heterocycles. The van der Waals surface area contributed by atoms with Crippen LogP contribution < -0.4 is 5.46 Å². The fraction of sp³-hybridized carbons (Fsp3) is 0.643. The first-order valence-corrected chi connectivity index (χ1v) is 6.18. The molecule has 0 aliphatic carbocycles. The predicted molar refractivity (Wildman–Crippen MR) is 74.4 cm³/mol. The molecule has 0 atom stereocenters. The highest BCUT2D eigenvalue weighted by atomic mass is 19.4. The van der Waals surface area contributed by atoms with Crippen molar-refractivity contribution < 1.29 is 32.1 Å². The number of hydrogen-bond acceptors (Lipinski definition) is 3. The molecule has 2 rings (SSSR count). The van der Waals surface area contributed by atoms with Crippen molar-refractivity contribution in [2.24, 2.45) is 0 Å². The van der Waals surface area contributed by atoms with Crippen molar-refractivity contribution in [3.8, 4) is 0 Å². The highest BCUT2D eigenvalue weighted by Crippen LogP contribution is 2.37. The second kappa shape index (κ2) is 4.71. The van der Waals surface area contributed by atoms with Crippen LogP contribution in [0.3, 0.4) is 0 Å². The molecular weight excluding hydrogens is 282 g/mol. The number of nitrogens with zero attached hydrogens (tertiary/aromatic N) is 1. The smallest absolute Gasteiger partial charge is 0.399 e. The maximum atomic E-state index is 13.6. The molecular formula is C14H19BF3NO2. The Morgan fingerprint density at radius 1 is 1.19 bits per heavy atom. The second-order valence-corrected chi connectivity index (χ2v) is 5.81. The quantitative estimate of drug-likeness (QED) is 0.747. The lowest BCUT2D eigenvalue weighted by atomic mass is 9.75. The zero-order valence-electron chi connectivity index (χ0n) is 19.0. The summed E-state index contributed by atoms with van der Waals surface area (Å²) in [5.41, 5.74) is -7.27. The molecule has 3 nitrogen and oxygen atoms in total. The van der Waals surface area contributed by atoms with Gasteiger partial charge in [0, 0.05) is 13.9 Å². The minimum atomic E-state index is -5.27. The van der Waals surface area contributed by atoms with Gasteiger partial charge in [-0.15, -0.1) is 0 Å². The van der Waals surface area contributed by atoms with Crippen molar-refractivity contribution in [3.05, 3.63) is 23.0 Å².